The highest BCUT2D eigenvalue weighted by molar-refractivity contribution is 9.12. The molecule has 0 spiro atoms. The molecule has 0 aliphatic heterocycles. The Balaban J connectivity index is 2.68. The monoisotopic (exact) mass is 352 g/mol. The average molecular weight is 354 g/mol. The second-order valence-electron chi connectivity index (χ2n) is 2.61. The summed E-state index contributed by atoms with van der Waals surface area (Å²) in [6.07, 6.45) is 0. The zero-order chi connectivity index (χ0) is 9.00. The smallest absolute Gasteiger partial charge is 0.0889 e. The molecule has 0 fully saturated rings. The van der Waals surface area contributed by atoms with Crippen LogP contribution in [-0.2, 0) is 0 Å². The van der Waals surface area contributed by atoms with E-state index in [2.05, 4.69) is 42.6 Å². The summed E-state index contributed by atoms with van der Waals surface area (Å²) in [4.78, 5) is 0. The largest absolute Gasteiger partial charge is 0.150 e. The highest BCUT2D eigenvalue weighted by Crippen LogP contribution is 2.48. The maximum absolute atomic E-state index is 3.60. The molecule has 3 rings (SSSR count). The first-order valence-electron chi connectivity index (χ1n) is 3.49. The van der Waals surface area contributed by atoms with Crippen molar-refractivity contribution in [3.8, 4) is 0 Å². The van der Waals surface area contributed by atoms with Crippen LogP contribution < -0.4 is 0 Å². The Hall–Kier alpha value is 0.580. The van der Waals surface area contributed by atoms with Crippen LogP contribution in [0.15, 0.2) is 18.3 Å². The Morgan fingerprint density at radius 3 is 2.69 bits per heavy atom. The third-order valence-corrected chi connectivity index (χ3v) is 6.87. The van der Waals surface area contributed by atoms with E-state index in [1.807, 2.05) is 11.3 Å². The van der Waals surface area contributed by atoms with Gasteiger partial charge in [0.15, 0.2) is 0 Å². The van der Waals surface area contributed by atoms with Crippen LogP contribution >= 0.6 is 65.9 Å². The average Bonchev–Trinajstić information content (AvgIpc) is 2.63. The molecule has 0 amide bonds. The van der Waals surface area contributed by atoms with E-state index in [9.17, 15) is 0 Å². The standard InChI is InChI=1S/C8H2Br2S3/c9-7-5-3-1-11-2-4(3)12-6(5)8(10)13-7/h1-2H. The third-order valence-electron chi connectivity index (χ3n) is 1.89. The van der Waals surface area contributed by atoms with E-state index in [0.717, 1.165) is 0 Å². The second-order valence-corrected chi connectivity index (χ2v) is 8.06. The normalized spacial score (nSPS) is 11.8. The van der Waals surface area contributed by atoms with Crippen LogP contribution in [-0.4, -0.2) is 0 Å². The molecule has 3 aromatic rings. The molecule has 0 unspecified atom stereocenters. The van der Waals surface area contributed by atoms with Gasteiger partial charge in [-0.1, -0.05) is 0 Å². The number of rotatable bonds is 0. The van der Waals surface area contributed by atoms with Gasteiger partial charge in [-0.25, -0.2) is 0 Å². The van der Waals surface area contributed by atoms with E-state index in [1.54, 1.807) is 22.7 Å². The minimum atomic E-state index is 1.24. The van der Waals surface area contributed by atoms with Crippen molar-refractivity contribution in [1.82, 2.24) is 0 Å². The Kier molecular flexibility index (Phi) is 2.07. The topological polar surface area (TPSA) is 0 Å². The summed E-state index contributed by atoms with van der Waals surface area (Å²) >= 11 is 12.6. The summed E-state index contributed by atoms with van der Waals surface area (Å²) in [5, 5.41) is 7.19. The molecule has 0 aliphatic rings. The fourth-order valence-corrected chi connectivity index (χ4v) is 6.95. The highest BCUT2D eigenvalue weighted by atomic mass is 79.9. The number of thiophene rings is 3. The first-order valence-corrected chi connectivity index (χ1v) is 7.66. The molecule has 66 valence electrons. The fraction of sp³-hybridized carbons (Fsp3) is 0. The molecule has 13 heavy (non-hydrogen) atoms. The molecule has 0 aliphatic carbocycles. The minimum Gasteiger partial charge on any atom is -0.150 e. The van der Waals surface area contributed by atoms with Crippen LogP contribution in [0.3, 0.4) is 0 Å². The predicted molar refractivity (Wildman–Crippen MR) is 70.5 cm³/mol. The van der Waals surface area contributed by atoms with Crippen molar-refractivity contribution in [2.75, 3.05) is 0 Å². The van der Waals surface area contributed by atoms with Gasteiger partial charge in [0.25, 0.3) is 0 Å². The van der Waals surface area contributed by atoms with Crippen molar-refractivity contribution in [3.63, 3.8) is 0 Å². The van der Waals surface area contributed by atoms with Gasteiger partial charge < -0.3 is 0 Å². The van der Waals surface area contributed by atoms with Gasteiger partial charge >= 0.3 is 0 Å². The van der Waals surface area contributed by atoms with E-state index in [-0.39, 0.29) is 0 Å². The molecule has 3 aromatic heterocycles. The summed E-state index contributed by atoms with van der Waals surface area (Å²) in [6.45, 7) is 0. The molecule has 0 bridgehead atoms. The Morgan fingerprint density at radius 2 is 1.85 bits per heavy atom. The highest BCUT2D eigenvalue weighted by Gasteiger charge is 2.14. The van der Waals surface area contributed by atoms with Crippen LogP contribution in [0.5, 0.6) is 0 Å². The van der Waals surface area contributed by atoms with Crippen molar-refractivity contribution in [1.29, 1.82) is 0 Å². The van der Waals surface area contributed by atoms with Gasteiger partial charge in [0.2, 0.25) is 0 Å². The predicted octanol–water partition coefficient (Wildman–Crippen LogP) is 5.70. The molecule has 0 nitrogen and oxygen atoms in total. The van der Waals surface area contributed by atoms with Crippen LogP contribution in [0.25, 0.3) is 20.2 Å². The maximum Gasteiger partial charge on any atom is 0.0889 e. The van der Waals surface area contributed by atoms with Crippen molar-refractivity contribution in [2.24, 2.45) is 0 Å². The number of hydrogen-bond acceptors (Lipinski definition) is 3. The molecule has 3 heterocycles. The van der Waals surface area contributed by atoms with Gasteiger partial charge in [0.05, 0.1) is 12.3 Å². The summed E-state index contributed by atoms with van der Waals surface area (Å²) in [5.74, 6) is 0. The van der Waals surface area contributed by atoms with Crippen molar-refractivity contribution in [3.05, 3.63) is 18.3 Å². The quantitative estimate of drug-likeness (QED) is 0.486. The lowest BCUT2D eigenvalue weighted by molar-refractivity contribution is 2.25. The Labute approximate surface area is 103 Å². The van der Waals surface area contributed by atoms with Gasteiger partial charge in [-0.15, -0.1) is 22.7 Å². The van der Waals surface area contributed by atoms with Crippen LogP contribution in [0.1, 0.15) is 0 Å². The van der Waals surface area contributed by atoms with Crippen molar-refractivity contribution < 1.29 is 0 Å². The fourth-order valence-electron chi connectivity index (χ4n) is 1.34. The van der Waals surface area contributed by atoms with Crippen molar-refractivity contribution >= 4 is 86.0 Å². The Bertz CT molecular complexity index is 587. The van der Waals surface area contributed by atoms with E-state index in [1.165, 1.54) is 27.7 Å². The lowest BCUT2D eigenvalue weighted by Crippen LogP contribution is -1.51. The lowest BCUT2D eigenvalue weighted by Gasteiger charge is -1.79. The molecule has 5 heteroatoms. The summed E-state index contributed by atoms with van der Waals surface area (Å²) in [6, 6.07) is 0. The minimum absolute atomic E-state index is 1.24. The first kappa shape index (κ1) is 8.85. The first-order chi connectivity index (χ1) is 6.27. The second kappa shape index (κ2) is 3.03. The summed E-state index contributed by atoms with van der Waals surface area (Å²) in [5.41, 5.74) is 0. The van der Waals surface area contributed by atoms with Crippen molar-refractivity contribution in [2.45, 2.75) is 0 Å². The SMILES string of the molecule is Brc1sc(Br)c2c1sc1cscc12. The molecule has 0 saturated heterocycles. The van der Waals surface area contributed by atoms with Crippen LogP contribution in [0.2, 0.25) is 0 Å². The Morgan fingerprint density at radius 1 is 1.00 bits per heavy atom. The zero-order valence-electron chi connectivity index (χ0n) is 6.14. The molecule has 0 saturated carbocycles. The van der Waals surface area contributed by atoms with Gasteiger partial charge in [-0.05, 0) is 31.9 Å². The maximum atomic E-state index is 3.60. The molecule has 0 atom stereocenters. The van der Waals surface area contributed by atoms with Crippen LogP contribution in [0.4, 0.5) is 0 Å². The molecular weight excluding hydrogens is 352 g/mol. The summed E-state index contributed by atoms with van der Waals surface area (Å²) in [7, 11) is 0. The van der Waals surface area contributed by atoms with E-state index < -0.39 is 0 Å². The number of halogens is 2. The van der Waals surface area contributed by atoms with Gasteiger partial charge in [0, 0.05) is 26.2 Å². The van der Waals surface area contributed by atoms with Gasteiger partial charge in [0.1, 0.15) is 0 Å². The number of hydrogen-bond donors (Lipinski definition) is 0. The van der Waals surface area contributed by atoms with E-state index >= 15 is 0 Å². The van der Waals surface area contributed by atoms with Gasteiger partial charge in [-0.2, -0.15) is 11.3 Å². The number of fused-ring (bicyclic) bond motifs is 3. The molecule has 0 N–H and O–H groups in total. The molecular formula is C8H2Br2S3. The zero-order valence-corrected chi connectivity index (χ0v) is 11.8. The van der Waals surface area contributed by atoms with Gasteiger partial charge in [-0.3, -0.25) is 0 Å². The van der Waals surface area contributed by atoms with E-state index in [0.29, 0.717) is 0 Å². The molecule has 0 radical (unpaired) electrons. The third kappa shape index (κ3) is 1.18. The summed E-state index contributed by atoms with van der Waals surface area (Å²) < 4.78 is 5.23. The van der Waals surface area contributed by atoms with Crippen LogP contribution in [0, 0.1) is 0 Å². The molecule has 0 aromatic carbocycles. The lowest BCUT2D eigenvalue weighted by atomic mass is 10.3. The van der Waals surface area contributed by atoms with E-state index in [4.69, 9.17) is 0 Å².